The van der Waals surface area contributed by atoms with Crippen molar-refractivity contribution in [2.24, 2.45) is 0 Å². The van der Waals surface area contributed by atoms with Crippen LogP contribution in [-0.2, 0) is 4.79 Å². The number of benzene rings is 2. The predicted molar refractivity (Wildman–Crippen MR) is 127 cm³/mol. The van der Waals surface area contributed by atoms with Gasteiger partial charge in [-0.2, -0.15) is 0 Å². The van der Waals surface area contributed by atoms with Crippen LogP contribution in [0.3, 0.4) is 0 Å². The van der Waals surface area contributed by atoms with Gasteiger partial charge in [-0.05, 0) is 43.3 Å². The van der Waals surface area contributed by atoms with Crippen molar-refractivity contribution in [3.8, 4) is 17.2 Å². The lowest BCUT2D eigenvalue weighted by molar-refractivity contribution is -0.113. The minimum atomic E-state index is -0.634. The van der Waals surface area contributed by atoms with Crippen LogP contribution in [-0.4, -0.2) is 40.9 Å². The Bertz CT molecular complexity index is 1280. The smallest absolute Gasteiger partial charge is 0.277 e. The minimum Gasteiger partial charge on any atom is -0.494 e. The Hall–Kier alpha value is -4.19. The van der Waals surface area contributed by atoms with E-state index in [4.69, 9.17) is 19.9 Å². The van der Waals surface area contributed by atoms with Gasteiger partial charge in [0.2, 0.25) is 12.7 Å². The zero-order valence-electron chi connectivity index (χ0n) is 18.0. The van der Waals surface area contributed by atoms with E-state index >= 15 is 0 Å². The number of H-pyrrole nitrogens is 1. The van der Waals surface area contributed by atoms with Crippen LogP contribution in [0.4, 0.5) is 17.2 Å². The lowest BCUT2D eigenvalue weighted by atomic mass is 10.2. The Morgan fingerprint density at radius 2 is 1.91 bits per heavy atom. The monoisotopic (exact) mass is 483 g/mol. The van der Waals surface area contributed by atoms with Crippen molar-refractivity contribution < 1.29 is 23.8 Å². The van der Waals surface area contributed by atoms with Gasteiger partial charge in [0, 0.05) is 17.3 Å². The first-order chi connectivity index (χ1) is 16.4. The molecule has 3 aromatic rings. The van der Waals surface area contributed by atoms with Crippen LogP contribution < -0.4 is 36.1 Å². The Morgan fingerprint density at radius 1 is 1.15 bits per heavy atom. The fourth-order valence-corrected chi connectivity index (χ4v) is 3.69. The van der Waals surface area contributed by atoms with E-state index in [0.717, 1.165) is 11.8 Å². The van der Waals surface area contributed by atoms with Crippen LogP contribution >= 0.6 is 11.8 Å². The number of aromatic nitrogens is 2. The molecule has 4 rings (SSSR count). The number of thioether (sulfide) groups is 1. The van der Waals surface area contributed by atoms with Crippen LogP contribution in [0, 0.1) is 0 Å². The normalized spacial score (nSPS) is 11.7. The van der Waals surface area contributed by atoms with Crippen molar-refractivity contribution in [1.29, 1.82) is 0 Å². The summed E-state index contributed by atoms with van der Waals surface area (Å²) in [6, 6.07) is 11.5. The number of ether oxygens (including phenoxy) is 3. The number of anilines is 3. The van der Waals surface area contributed by atoms with E-state index in [1.165, 1.54) is 0 Å². The number of aromatic amines is 1. The lowest BCUT2D eigenvalue weighted by Gasteiger charge is -2.09. The van der Waals surface area contributed by atoms with Gasteiger partial charge >= 0.3 is 0 Å². The second-order valence-corrected chi connectivity index (χ2v) is 7.91. The second kappa shape index (κ2) is 10.2. The summed E-state index contributed by atoms with van der Waals surface area (Å²) in [6.07, 6.45) is 0. The summed E-state index contributed by atoms with van der Waals surface area (Å²) in [5.74, 6) is 0.744. The summed E-state index contributed by atoms with van der Waals surface area (Å²) in [4.78, 5) is 43.8. The molecule has 34 heavy (non-hydrogen) atoms. The molecule has 0 saturated carbocycles. The maximum absolute atomic E-state index is 12.5. The fraction of sp³-hybridized carbons (Fsp3) is 0.182. The Morgan fingerprint density at radius 3 is 2.65 bits per heavy atom. The van der Waals surface area contributed by atoms with Gasteiger partial charge in [-0.3, -0.25) is 19.4 Å². The molecule has 11 nitrogen and oxygen atoms in total. The van der Waals surface area contributed by atoms with Crippen LogP contribution in [0.25, 0.3) is 0 Å². The zero-order valence-corrected chi connectivity index (χ0v) is 18.9. The van der Waals surface area contributed by atoms with Crippen molar-refractivity contribution in [2.75, 3.05) is 35.5 Å². The summed E-state index contributed by atoms with van der Waals surface area (Å²) in [7, 11) is 0. The molecular weight excluding hydrogens is 462 g/mol. The molecule has 2 amide bonds. The Kier molecular flexibility index (Phi) is 6.87. The van der Waals surface area contributed by atoms with Gasteiger partial charge in [0.15, 0.2) is 22.5 Å². The first kappa shape index (κ1) is 23.0. The van der Waals surface area contributed by atoms with Gasteiger partial charge in [-0.15, -0.1) is 0 Å². The van der Waals surface area contributed by atoms with E-state index in [2.05, 4.69) is 20.6 Å². The van der Waals surface area contributed by atoms with Crippen molar-refractivity contribution in [3.05, 3.63) is 58.4 Å². The van der Waals surface area contributed by atoms with Crippen LogP contribution in [0.1, 0.15) is 17.3 Å². The molecule has 2 heterocycles. The highest BCUT2D eigenvalue weighted by Gasteiger charge is 2.16. The molecule has 12 heteroatoms. The van der Waals surface area contributed by atoms with Gasteiger partial charge in [0.1, 0.15) is 11.4 Å². The number of hydrogen-bond acceptors (Lipinski definition) is 9. The molecule has 0 bridgehead atoms. The molecule has 0 radical (unpaired) electrons. The number of hydrogen-bond donors (Lipinski definition) is 4. The van der Waals surface area contributed by atoms with E-state index in [0.29, 0.717) is 35.1 Å². The van der Waals surface area contributed by atoms with Crippen LogP contribution in [0.15, 0.2) is 52.4 Å². The number of nitrogen functional groups attached to an aromatic ring is 1. The fourth-order valence-electron chi connectivity index (χ4n) is 3.02. The standard InChI is InChI=1S/C22H21N5O6S/c1-2-31-14-6-3-12(4-7-14)20(29)25-18-19(23)26-22(27-21(18)30)34-10-17(28)24-13-5-8-15-16(9-13)33-11-32-15/h3-9H,2,10-11H2,1H3,(H,24,28)(H,25,29)(H3,23,26,27,30). The molecule has 0 fully saturated rings. The molecule has 1 aliphatic rings. The number of amides is 2. The number of carbonyl (C=O) groups is 2. The highest BCUT2D eigenvalue weighted by molar-refractivity contribution is 7.99. The van der Waals surface area contributed by atoms with E-state index in [1.54, 1.807) is 42.5 Å². The van der Waals surface area contributed by atoms with Crippen LogP contribution in [0.5, 0.6) is 17.2 Å². The third-order valence-corrected chi connectivity index (χ3v) is 5.46. The maximum atomic E-state index is 12.5. The van der Waals surface area contributed by atoms with Crippen molar-refractivity contribution in [3.63, 3.8) is 0 Å². The highest BCUT2D eigenvalue weighted by Crippen LogP contribution is 2.34. The molecule has 1 aromatic heterocycles. The quantitative estimate of drug-likeness (QED) is 0.279. The predicted octanol–water partition coefficient (Wildman–Crippen LogP) is 2.46. The molecule has 1 aliphatic heterocycles. The van der Waals surface area contributed by atoms with Crippen molar-refractivity contribution in [1.82, 2.24) is 9.97 Å². The average Bonchev–Trinajstić information content (AvgIpc) is 3.28. The number of nitrogens with one attached hydrogen (secondary N) is 3. The average molecular weight is 484 g/mol. The molecular formula is C22H21N5O6S. The summed E-state index contributed by atoms with van der Waals surface area (Å²) in [5, 5.41) is 5.34. The third kappa shape index (κ3) is 5.41. The second-order valence-electron chi connectivity index (χ2n) is 6.95. The number of nitrogens with two attached hydrogens (primary N) is 1. The van der Waals surface area contributed by atoms with E-state index in [1.807, 2.05) is 6.92 Å². The van der Waals surface area contributed by atoms with E-state index in [-0.39, 0.29) is 35.1 Å². The summed E-state index contributed by atoms with van der Waals surface area (Å²) in [6.45, 7) is 2.50. The molecule has 0 spiro atoms. The molecule has 0 atom stereocenters. The Balaban J connectivity index is 1.35. The molecule has 176 valence electrons. The third-order valence-electron chi connectivity index (χ3n) is 4.59. The molecule has 0 aliphatic carbocycles. The van der Waals surface area contributed by atoms with E-state index in [9.17, 15) is 14.4 Å². The van der Waals surface area contributed by atoms with Gasteiger partial charge in [-0.25, -0.2) is 4.98 Å². The summed E-state index contributed by atoms with van der Waals surface area (Å²) in [5.41, 5.74) is 5.95. The van der Waals surface area contributed by atoms with Crippen LogP contribution in [0.2, 0.25) is 0 Å². The van der Waals surface area contributed by atoms with Gasteiger partial charge in [0.05, 0.1) is 12.4 Å². The molecule has 0 unspecified atom stereocenters. The summed E-state index contributed by atoms with van der Waals surface area (Å²) < 4.78 is 15.9. The highest BCUT2D eigenvalue weighted by atomic mass is 32.2. The number of nitrogens with zero attached hydrogens (tertiary/aromatic N) is 1. The number of carbonyl (C=O) groups excluding carboxylic acids is 2. The zero-order chi connectivity index (χ0) is 24.1. The SMILES string of the molecule is CCOc1ccc(C(=O)Nc2c(N)nc(SCC(=O)Nc3ccc4c(c3)OCO4)[nH]c2=O)cc1. The largest absolute Gasteiger partial charge is 0.494 e. The lowest BCUT2D eigenvalue weighted by Crippen LogP contribution is -2.23. The first-order valence-corrected chi connectivity index (χ1v) is 11.2. The number of rotatable bonds is 8. The number of fused-ring (bicyclic) bond motifs is 1. The van der Waals surface area contributed by atoms with Gasteiger partial charge < -0.3 is 30.6 Å². The summed E-state index contributed by atoms with van der Waals surface area (Å²) >= 11 is 0.990. The topological polar surface area (TPSA) is 158 Å². The van der Waals surface area contributed by atoms with Gasteiger partial charge in [-0.1, -0.05) is 11.8 Å². The first-order valence-electron chi connectivity index (χ1n) is 10.2. The Labute approximate surface area is 198 Å². The molecule has 5 N–H and O–H groups in total. The molecule has 2 aromatic carbocycles. The molecule has 0 saturated heterocycles. The minimum absolute atomic E-state index is 0.0330. The van der Waals surface area contributed by atoms with Gasteiger partial charge in [0.25, 0.3) is 11.5 Å². The van der Waals surface area contributed by atoms with E-state index < -0.39 is 11.5 Å². The van der Waals surface area contributed by atoms with Crippen molar-refractivity contribution in [2.45, 2.75) is 12.1 Å². The maximum Gasteiger partial charge on any atom is 0.277 e. The van der Waals surface area contributed by atoms with Crippen molar-refractivity contribution >= 4 is 40.8 Å².